The Kier molecular flexibility index (Phi) is 6.12. The van der Waals surface area contributed by atoms with E-state index in [-0.39, 0.29) is 35.5 Å². The molecule has 158 valence electrons. The molecule has 0 aliphatic carbocycles. The molecule has 3 N–H and O–H groups in total. The Hall–Kier alpha value is -1.13. The standard InChI is InChI=1S/C19H31N3O5S/c1-10-15-14(11(2)24)18(25)21(15)16(19(26)27)17(10)28-13-7-12(20-8-13)5-6-22(3,4)9-23/h10-15,20,23-24H,5-9H2,1-4H3/t10-,11-,12+,13+,14-,15-/m1/s1. The Morgan fingerprint density at radius 1 is 1.46 bits per heavy atom. The van der Waals surface area contributed by atoms with Crippen molar-refractivity contribution >= 4 is 23.6 Å². The van der Waals surface area contributed by atoms with Crippen LogP contribution in [0.2, 0.25) is 0 Å². The highest BCUT2D eigenvalue weighted by Crippen LogP contribution is 2.51. The lowest BCUT2D eigenvalue weighted by Crippen LogP contribution is -2.64. The topological polar surface area (TPSA) is 113 Å². The summed E-state index contributed by atoms with van der Waals surface area (Å²) in [7, 11) is 3.97. The van der Waals surface area contributed by atoms with E-state index in [2.05, 4.69) is 5.32 Å². The molecule has 2 fully saturated rings. The lowest BCUT2D eigenvalue weighted by atomic mass is 9.79. The summed E-state index contributed by atoms with van der Waals surface area (Å²) in [5.41, 5.74) is -0.00840. The summed E-state index contributed by atoms with van der Waals surface area (Å²) in [5.74, 6) is -2.32. The Bertz CT molecular complexity index is 680. The summed E-state index contributed by atoms with van der Waals surface area (Å²) in [6, 6.07) is 0.0322. The number of β-lactam (4-membered cyclic amide) rings is 1. The van der Waals surface area contributed by atoms with Gasteiger partial charge in [0.2, 0.25) is 5.91 Å². The molecule has 0 aromatic rings. The van der Waals surface area contributed by atoms with E-state index in [4.69, 9.17) is 0 Å². The third kappa shape index (κ3) is 3.82. The molecule has 1 amide bonds. The van der Waals surface area contributed by atoms with Gasteiger partial charge < -0.3 is 34.8 Å². The molecule has 9 heteroatoms. The zero-order chi connectivity index (χ0) is 20.8. The van der Waals surface area contributed by atoms with Crippen molar-refractivity contribution in [1.29, 1.82) is 0 Å². The maximum Gasteiger partial charge on any atom is 0.235 e. The molecule has 8 nitrogen and oxygen atoms in total. The van der Waals surface area contributed by atoms with Crippen LogP contribution < -0.4 is 10.4 Å². The number of aliphatic carboxylic acids is 1. The second kappa shape index (κ2) is 7.95. The Labute approximate surface area is 170 Å². The molecule has 28 heavy (non-hydrogen) atoms. The van der Waals surface area contributed by atoms with Crippen molar-refractivity contribution in [3.63, 3.8) is 0 Å². The van der Waals surface area contributed by atoms with Crippen LogP contribution in [0.15, 0.2) is 10.6 Å². The lowest BCUT2D eigenvalue weighted by molar-refractivity contribution is -0.909. The molecule has 0 radical (unpaired) electrons. The summed E-state index contributed by atoms with van der Waals surface area (Å²) >= 11 is 1.53. The minimum atomic E-state index is -1.32. The average Bonchev–Trinajstić information content (AvgIpc) is 3.15. The number of carbonyl (C=O) groups is 2. The van der Waals surface area contributed by atoms with Crippen LogP contribution in [0, 0.1) is 11.8 Å². The molecular weight excluding hydrogens is 382 g/mol. The second-order valence-corrected chi connectivity index (χ2v) is 10.3. The van der Waals surface area contributed by atoms with Crippen molar-refractivity contribution in [3.05, 3.63) is 10.6 Å². The van der Waals surface area contributed by atoms with E-state index in [0.29, 0.717) is 15.4 Å². The van der Waals surface area contributed by atoms with E-state index in [1.807, 2.05) is 21.0 Å². The molecular formula is C19H31N3O5S. The van der Waals surface area contributed by atoms with Gasteiger partial charge in [-0.15, -0.1) is 11.8 Å². The van der Waals surface area contributed by atoms with Crippen LogP contribution in [-0.4, -0.2) is 88.8 Å². The summed E-state index contributed by atoms with van der Waals surface area (Å²) in [6.07, 6.45) is 1.05. The molecule has 3 aliphatic rings. The zero-order valence-electron chi connectivity index (χ0n) is 16.9. The van der Waals surface area contributed by atoms with Crippen molar-refractivity contribution in [1.82, 2.24) is 10.2 Å². The number of aliphatic hydroxyl groups excluding tert-OH is 2. The van der Waals surface area contributed by atoms with Crippen molar-refractivity contribution in [2.45, 2.75) is 50.1 Å². The maximum atomic E-state index is 12.4. The Balaban J connectivity index is 1.67. The number of hydrogen-bond acceptors (Lipinski definition) is 7. The second-order valence-electron chi connectivity index (χ2n) is 8.92. The Morgan fingerprint density at radius 2 is 2.14 bits per heavy atom. The van der Waals surface area contributed by atoms with E-state index in [9.17, 15) is 24.9 Å². The molecule has 0 spiro atoms. The smallest absolute Gasteiger partial charge is 0.235 e. The maximum absolute atomic E-state index is 12.4. The fraction of sp³-hybridized carbons (Fsp3) is 0.789. The largest absolute Gasteiger partial charge is 0.543 e. The van der Waals surface area contributed by atoms with Crippen molar-refractivity contribution in [2.24, 2.45) is 11.8 Å². The van der Waals surface area contributed by atoms with Gasteiger partial charge in [-0.1, -0.05) is 6.92 Å². The first-order valence-corrected chi connectivity index (χ1v) is 10.7. The number of nitrogens with one attached hydrogen (secondary N) is 1. The van der Waals surface area contributed by atoms with E-state index in [1.165, 1.54) is 16.7 Å². The SMILES string of the molecule is C[C@@H](O)[C@H]1C(=O)N2C(C(=O)[O-])=C(S[C@@H]3CN[C@@H](CC[N+](C)(C)CO)C3)[C@H](C)[C@H]12. The van der Waals surface area contributed by atoms with Crippen molar-refractivity contribution in [3.8, 4) is 0 Å². The molecule has 2 saturated heterocycles. The number of aliphatic hydroxyl groups is 2. The van der Waals surface area contributed by atoms with Crippen molar-refractivity contribution in [2.75, 3.05) is 33.9 Å². The molecule has 0 unspecified atom stereocenters. The number of carboxylic acids is 1. The molecule has 0 aromatic carbocycles. The van der Waals surface area contributed by atoms with Crippen LogP contribution >= 0.6 is 11.8 Å². The molecule has 0 aromatic heterocycles. The summed E-state index contributed by atoms with van der Waals surface area (Å²) in [6.45, 7) is 5.24. The van der Waals surface area contributed by atoms with Crippen LogP contribution in [-0.2, 0) is 9.59 Å². The molecule has 3 heterocycles. The van der Waals surface area contributed by atoms with E-state index in [0.717, 1.165) is 25.9 Å². The van der Waals surface area contributed by atoms with Crippen LogP contribution in [0.25, 0.3) is 0 Å². The van der Waals surface area contributed by atoms with Gasteiger partial charge >= 0.3 is 0 Å². The first kappa shape index (κ1) is 21.6. The van der Waals surface area contributed by atoms with Gasteiger partial charge in [-0.3, -0.25) is 4.79 Å². The number of thioether (sulfide) groups is 1. The first-order valence-electron chi connectivity index (χ1n) is 9.87. The number of rotatable bonds is 8. The van der Waals surface area contributed by atoms with Gasteiger partial charge in [-0.05, 0) is 13.3 Å². The fourth-order valence-corrected chi connectivity index (χ4v) is 6.03. The quantitative estimate of drug-likeness (QED) is 0.257. The monoisotopic (exact) mass is 413 g/mol. The van der Waals surface area contributed by atoms with Gasteiger partial charge in [0.15, 0.2) is 6.73 Å². The van der Waals surface area contributed by atoms with Gasteiger partial charge in [0, 0.05) is 35.1 Å². The van der Waals surface area contributed by atoms with Gasteiger partial charge in [0.05, 0.1) is 50.4 Å². The third-order valence-electron chi connectivity index (χ3n) is 6.24. The van der Waals surface area contributed by atoms with Gasteiger partial charge in [0.25, 0.3) is 0 Å². The number of amides is 1. The van der Waals surface area contributed by atoms with E-state index < -0.39 is 18.0 Å². The minimum absolute atomic E-state index is 0.00840. The van der Waals surface area contributed by atoms with Crippen molar-refractivity contribution < 1.29 is 29.4 Å². The van der Waals surface area contributed by atoms with Gasteiger partial charge in [0.1, 0.15) is 0 Å². The van der Waals surface area contributed by atoms with Gasteiger partial charge in [-0.2, -0.15) is 0 Å². The molecule has 0 bridgehead atoms. The summed E-state index contributed by atoms with van der Waals surface area (Å²) in [5, 5.41) is 34.8. The number of carbonyl (C=O) groups excluding carboxylic acids is 2. The van der Waals surface area contributed by atoms with Crippen LogP contribution in [0.5, 0.6) is 0 Å². The molecule has 0 saturated carbocycles. The molecule has 6 atom stereocenters. The van der Waals surface area contributed by atoms with Crippen LogP contribution in [0.3, 0.4) is 0 Å². The predicted octanol–water partition coefficient (Wildman–Crippen LogP) is -1.31. The summed E-state index contributed by atoms with van der Waals surface area (Å²) in [4.78, 5) is 26.2. The number of carboxylic acid groups (broad SMARTS) is 1. The highest BCUT2D eigenvalue weighted by Gasteiger charge is 2.58. The number of nitrogens with zero attached hydrogens (tertiary/aromatic N) is 2. The van der Waals surface area contributed by atoms with Crippen LogP contribution in [0.1, 0.15) is 26.7 Å². The normalized spacial score (nSPS) is 33.9. The Morgan fingerprint density at radius 3 is 2.71 bits per heavy atom. The minimum Gasteiger partial charge on any atom is -0.543 e. The average molecular weight is 414 g/mol. The highest BCUT2D eigenvalue weighted by molar-refractivity contribution is 8.03. The first-order chi connectivity index (χ1) is 13.1. The van der Waals surface area contributed by atoms with Crippen LogP contribution in [0.4, 0.5) is 0 Å². The number of quaternary nitrogens is 1. The van der Waals surface area contributed by atoms with E-state index >= 15 is 0 Å². The summed E-state index contributed by atoms with van der Waals surface area (Å²) < 4.78 is 0.548. The highest BCUT2D eigenvalue weighted by atomic mass is 32.2. The number of hydrogen-bond donors (Lipinski definition) is 3. The zero-order valence-corrected chi connectivity index (χ0v) is 17.7. The lowest BCUT2D eigenvalue weighted by Gasteiger charge is -2.47. The molecule has 3 rings (SSSR count). The fourth-order valence-electron chi connectivity index (χ4n) is 4.52. The third-order valence-corrected chi connectivity index (χ3v) is 7.75. The molecule has 3 aliphatic heterocycles. The predicted molar refractivity (Wildman–Crippen MR) is 103 cm³/mol. The van der Waals surface area contributed by atoms with E-state index in [1.54, 1.807) is 6.92 Å². The number of fused-ring (bicyclic) bond motifs is 1. The van der Waals surface area contributed by atoms with Gasteiger partial charge in [-0.25, -0.2) is 0 Å².